The van der Waals surface area contributed by atoms with Gasteiger partial charge in [-0.05, 0) is 39.2 Å². The number of nitro groups is 1. The van der Waals surface area contributed by atoms with Crippen LogP contribution in [0, 0.1) is 10.1 Å². The van der Waals surface area contributed by atoms with Crippen molar-refractivity contribution in [2.75, 3.05) is 11.9 Å². The molecular formula is C15H13BrN2O3. The molecule has 6 heteroatoms. The first-order valence-corrected chi connectivity index (χ1v) is 7.35. The third kappa shape index (κ3) is 3.00. The molecule has 0 bridgehead atoms. The van der Waals surface area contributed by atoms with Gasteiger partial charge in [-0.1, -0.05) is 12.1 Å². The van der Waals surface area contributed by atoms with Crippen LogP contribution in [0.2, 0.25) is 0 Å². The Labute approximate surface area is 130 Å². The van der Waals surface area contributed by atoms with E-state index >= 15 is 0 Å². The number of anilines is 1. The lowest BCUT2D eigenvalue weighted by atomic mass is 10.1. The molecule has 5 nitrogen and oxygen atoms in total. The SMILES string of the molecule is O=[N+]([O-])c1ccc(Br)c(NCc2ccc3c(c2)CCO3)c1. The van der Waals surface area contributed by atoms with Crippen molar-refractivity contribution in [1.82, 2.24) is 0 Å². The monoisotopic (exact) mass is 348 g/mol. The summed E-state index contributed by atoms with van der Waals surface area (Å²) < 4.78 is 6.28. The summed E-state index contributed by atoms with van der Waals surface area (Å²) in [4.78, 5) is 10.4. The highest BCUT2D eigenvalue weighted by Crippen LogP contribution is 2.29. The summed E-state index contributed by atoms with van der Waals surface area (Å²) in [7, 11) is 0. The van der Waals surface area contributed by atoms with Crippen LogP contribution in [-0.2, 0) is 13.0 Å². The first kappa shape index (κ1) is 13.9. The highest BCUT2D eigenvalue weighted by molar-refractivity contribution is 9.10. The van der Waals surface area contributed by atoms with Crippen LogP contribution in [0.15, 0.2) is 40.9 Å². The second-order valence-electron chi connectivity index (χ2n) is 4.82. The van der Waals surface area contributed by atoms with E-state index in [0.29, 0.717) is 12.2 Å². The van der Waals surface area contributed by atoms with Gasteiger partial charge in [0.05, 0.1) is 17.2 Å². The van der Waals surface area contributed by atoms with Crippen molar-refractivity contribution in [3.63, 3.8) is 0 Å². The number of hydrogen-bond donors (Lipinski definition) is 1. The summed E-state index contributed by atoms with van der Waals surface area (Å²) in [5.74, 6) is 0.954. The Morgan fingerprint density at radius 3 is 2.95 bits per heavy atom. The lowest BCUT2D eigenvalue weighted by Gasteiger charge is -2.09. The topological polar surface area (TPSA) is 64.4 Å². The van der Waals surface area contributed by atoms with E-state index < -0.39 is 4.92 Å². The van der Waals surface area contributed by atoms with Gasteiger partial charge < -0.3 is 10.1 Å². The lowest BCUT2D eigenvalue weighted by molar-refractivity contribution is -0.384. The molecule has 1 N–H and O–H groups in total. The molecule has 0 spiro atoms. The molecule has 0 saturated carbocycles. The molecule has 2 aromatic carbocycles. The molecule has 0 saturated heterocycles. The number of hydrogen-bond acceptors (Lipinski definition) is 4. The Morgan fingerprint density at radius 2 is 2.14 bits per heavy atom. The van der Waals surface area contributed by atoms with Gasteiger partial charge in [0.2, 0.25) is 0 Å². The van der Waals surface area contributed by atoms with Crippen molar-refractivity contribution >= 4 is 27.3 Å². The maximum Gasteiger partial charge on any atom is 0.271 e. The summed E-state index contributed by atoms with van der Waals surface area (Å²) >= 11 is 3.40. The van der Waals surface area contributed by atoms with Crippen molar-refractivity contribution in [3.05, 3.63) is 62.1 Å². The zero-order valence-corrected chi connectivity index (χ0v) is 12.7. The Morgan fingerprint density at radius 1 is 1.29 bits per heavy atom. The van der Waals surface area contributed by atoms with Crippen LogP contribution in [0.5, 0.6) is 5.75 Å². The molecule has 1 heterocycles. The van der Waals surface area contributed by atoms with Crippen molar-refractivity contribution in [1.29, 1.82) is 0 Å². The Bertz CT molecular complexity index is 703. The highest BCUT2D eigenvalue weighted by Gasteiger charge is 2.13. The van der Waals surface area contributed by atoms with Crippen LogP contribution >= 0.6 is 15.9 Å². The van der Waals surface area contributed by atoms with Crippen LogP contribution in [0.3, 0.4) is 0 Å². The summed E-state index contributed by atoms with van der Waals surface area (Å²) in [6, 6.07) is 10.8. The van der Waals surface area contributed by atoms with E-state index in [2.05, 4.69) is 27.3 Å². The number of fused-ring (bicyclic) bond motifs is 1. The molecule has 3 rings (SSSR count). The molecule has 21 heavy (non-hydrogen) atoms. The van der Waals surface area contributed by atoms with Gasteiger partial charge in [0.15, 0.2) is 0 Å². The summed E-state index contributed by atoms with van der Waals surface area (Å²) in [6.07, 6.45) is 0.934. The van der Waals surface area contributed by atoms with E-state index in [1.54, 1.807) is 6.07 Å². The van der Waals surface area contributed by atoms with Gasteiger partial charge in [0.25, 0.3) is 5.69 Å². The molecule has 0 aromatic heterocycles. The molecule has 0 amide bonds. The number of nitrogens with one attached hydrogen (secondary N) is 1. The maximum absolute atomic E-state index is 10.8. The maximum atomic E-state index is 10.8. The van der Waals surface area contributed by atoms with E-state index in [4.69, 9.17) is 4.74 Å². The average molecular weight is 349 g/mol. The molecule has 0 fully saturated rings. The second kappa shape index (κ2) is 5.73. The fraction of sp³-hybridized carbons (Fsp3) is 0.200. The van der Waals surface area contributed by atoms with Crippen LogP contribution in [0.4, 0.5) is 11.4 Å². The molecule has 1 aliphatic rings. The summed E-state index contributed by atoms with van der Waals surface area (Å²) in [6.45, 7) is 1.34. The Hall–Kier alpha value is -2.08. The van der Waals surface area contributed by atoms with Gasteiger partial charge in [0.1, 0.15) is 5.75 Å². The molecule has 2 aromatic rings. The quantitative estimate of drug-likeness (QED) is 0.672. The van der Waals surface area contributed by atoms with E-state index in [1.165, 1.54) is 17.7 Å². The lowest BCUT2D eigenvalue weighted by Crippen LogP contribution is -2.01. The largest absolute Gasteiger partial charge is 0.493 e. The molecular weight excluding hydrogens is 336 g/mol. The second-order valence-corrected chi connectivity index (χ2v) is 5.67. The molecule has 1 aliphatic heterocycles. The van der Waals surface area contributed by atoms with Crippen LogP contribution in [-0.4, -0.2) is 11.5 Å². The third-order valence-corrected chi connectivity index (χ3v) is 4.09. The van der Waals surface area contributed by atoms with E-state index in [-0.39, 0.29) is 5.69 Å². The number of ether oxygens (including phenoxy) is 1. The van der Waals surface area contributed by atoms with Gasteiger partial charge in [-0.15, -0.1) is 0 Å². The molecule has 0 atom stereocenters. The zero-order valence-electron chi connectivity index (χ0n) is 11.1. The minimum atomic E-state index is -0.398. The molecule has 0 radical (unpaired) electrons. The number of nitrogens with zero attached hydrogens (tertiary/aromatic N) is 1. The fourth-order valence-electron chi connectivity index (χ4n) is 2.31. The number of non-ortho nitro benzene ring substituents is 1. The summed E-state index contributed by atoms with van der Waals surface area (Å²) in [5, 5.41) is 14.0. The third-order valence-electron chi connectivity index (χ3n) is 3.40. The number of halogens is 1. The smallest absolute Gasteiger partial charge is 0.271 e. The Balaban J connectivity index is 1.75. The standard InChI is InChI=1S/C15H13BrN2O3/c16-13-3-2-12(18(19)20)8-14(13)17-9-10-1-4-15-11(7-10)5-6-21-15/h1-4,7-8,17H,5-6,9H2. The molecule has 108 valence electrons. The molecule has 0 unspecified atom stereocenters. The van der Waals surface area contributed by atoms with Crippen LogP contribution < -0.4 is 10.1 Å². The van der Waals surface area contributed by atoms with Crippen LogP contribution in [0.25, 0.3) is 0 Å². The van der Waals surface area contributed by atoms with Gasteiger partial charge in [0, 0.05) is 29.6 Å². The number of rotatable bonds is 4. The van der Waals surface area contributed by atoms with E-state index in [0.717, 1.165) is 28.8 Å². The number of benzene rings is 2. The van der Waals surface area contributed by atoms with Crippen molar-refractivity contribution in [2.45, 2.75) is 13.0 Å². The average Bonchev–Trinajstić information content (AvgIpc) is 2.93. The minimum absolute atomic E-state index is 0.0723. The zero-order chi connectivity index (χ0) is 14.8. The summed E-state index contributed by atoms with van der Waals surface area (Å²) in [5.41, 5.74) is 3.12. The molecule has 0 aliphatic carbocycles. The minimum Gasteiger partial charge on any atom is -0.493 e. The normalized spacial score (nSPS) is 12.6. The van der Waals surface area contributed by atoms with Gasteiger partial charge in [-0.3, -0.25) is 10.1 Å². The van der Waals surface area contributed by atoms with Crippen molar-refractivity contribution in [3.8, 4) is 5.75 Å². The van der Waals surface area contributed by atoms with Crippen molar-refractivity contribution < 1.29 is 9.66 Å². The number of nitro benzene ring substituents is 1. The predicted molar refractivity (Wildman–Crippen MR) is 83.8 cm³/mol. The van der Waals surface area contributed by atoms with Gasteiger partial charge >= 0.3 is 0 Å². The highest BCUT2D eigenvalue weighted by atomic mass is 79.9. The van der Waals surface area contributed by atoms with E-state index in [9.17, 15) is 10.1 Å². The van der Waals surface area contributed by atoms with E-state index in [1.807, 2.05) is 12.1 Å². The first-order chi connectivity index (χ1) is 10.1. The van der Waals surface area contributed by atoms with Gasteiger partial charge in [-0.2, -0.15) is 0 Å². The van der Waals surface area contributed by atoms with Crippen LogP contribution in [0.1, 0.15) is 11.1 Å². The fourth-order valence-corrected chi connectivity index (χ4v) is 2.70. The van der Waals surface area contributed by atoms with Crippen molar-refractivity contribution in [2.24, 2.45) is 0 Å². The first-order valence-electron chi connectivity index (χ1n) is 6.56. The predicted octanol–water partition coefficient (Wildman–Crippen LogP) is 3.90. The van der Waals surface area contributed by atoms with Gasteiger partial charge in [-0.25, -0.2) is 0 Å². The Kier molecular flexibility index (Phi) is 3.79.